The number of rotatable bonds is 7. The second-order valence-electron chi connectivity index (χ2n) is 6.81. The standard InChI is InChI=1S/C22H25N3O5/c26-20(23-18-9-5-2-6-10-18)15-19(21(27)25-11-13-29-14-12-25)24-22(28)30-16-17-7-3-1-4-8-17/h1-10,19H,11-16H2,(H,23,26)(H,24,28)/t19-/m0/s1. The number of nitrogens with zero attached hydrogens (tertiary/aromatic N) is 1. The topological polar surface area (TPSA) is 97.0 Å². The molecule has 8 heteroatoms. The van der Waals surface area contributed by atoms with Crippen LogP contribution in [-0.2, 0) is 25.7 Å². The third kappa shape index (κ3) is 6.59. The van der Waals surface area contributed by atoms with Crippen molar-refractivity contribution in [2.45, 2.75) is 19.1 Å². The van der Waals surface area contributed by atoms with Crippen LogP contribution in [0.25, 0.3) is 0 Å². The number of carbonyl (C=O) groups is 3. The minimum atomic E-state index is -1.03. The second kappa shape index (κ2) is 11.0. The van der Waals surface area contributed by atoms with Gasteiger partial charge in [-0.05, 0) is 17.7 Å². The van der Waals surface area contributed by atoms with Gasteiger partial charge in [-0.25, -0.2) is 4.79 Å². The molecule has 1 aliphatic rings. The number of carbonyl (C=O) groups excluding carboxylic acids is 3. The first kappa shape index (κ1) is 21.3. The zero-order chi connectivity index (χ0) is 21.2. The fourth-order valence-corrected chi connectivity index (χ4v) is 3.03. The Labute approximate surface area is 175 Å². The molecule has 3 amide bonds. The highest BCUT2D eigenvalue weighted by Gasteiger charge is 2.29. The molecule has 3 rings (SSSR count). The van der Waals surface area contributed by atoms with Gasteiger partial charge in [0.15, 0.2) is 0 Å². The summed E-state index contributed by atoms with van der Waals surface area (Å²) in [5.41, 5.74) is 1.44. The molecule has 0 spiro atoms. The fraction of sp³-hybridized carbons (Fsp3) is 0.318. The molecular weight excluding hydrogens is 386 g/mol. The van der Waals surface area contributed by atoms with Crippen molar-refractivity contribution < 1.29 is 23.9 Å². The van der Waals surface area contributed by atoms with Crippen molar-refractivity contribution in [2.75, 3.05) is 31.6 Å². The number of alkyl carbamates (subject to hydrolysis) is 1. The summed E-state index contributed by atoms with van der Waals surface area (Å²) in [6.45, 7) is 1.74. The predicted octanol–water partition coefficient (Wildman–Crippen LogP) is 2.17. The molecule has 0 radical (unpaired) electrons. The third-order valence-corrected chi connectivity index (χ3v) is 4.57. The lowest BCUT2D eigenvalue weighted by atomic mass is 10.1. The summed E-state index contributed by atoms with van der Waals surface area (Å²) in [4.78, 5) is 39.3. The lowest BCUT2D eigenvalue weighted by molar-refractivity contribution is -0.139. The summed E-state index contributed by atoms with van der Waals surface area (Å²) in [5, 5.41) is 5.28. The zero-order valence-corrected chi connectivity index (χ0v) is 16.6. The van der Waals surface area contributed by atoms with E-state index in [2.05, 4.69) is 10.6 Å². The van der Waals surface area contributed by atoms with Gasteiger partial charge in [0.05, 0.1) is 19.6 Å². The van der Waals surface area contributed by atoms with Crippen LogP contribution in [0.3, 0.4) is 0 Å². The number of anilines is 1. The first-order valence-electron chi connectivity index (χ1n) is 9.80. The van der Waals surface area contributed by atoms with E-state index in [1.165, 1.54) is 0 Å². The van der Waals surface area contributed by atoms with Crippen LogP contribution in [0.5, 0.6) is 0 Å². The lowest BCUT2D eigenvalue weighted by Crippen LogP contribution is -2.52. The van der Waals surface area contributed by atoms with Crippen molar-refractivity contribution in [2.24, 2.45) is 0 Å². The number of hydrogen-bond donors (Lipinski definition) is 2. The second-order valence-corrected chi connectivity index (χ2v) is 6.81. The Morgan fingerprint density at radius 2 is 1.60 bits per heavy atom. The van der Waals surface area contributed by atoms with Gasteiger partial charge in [-0.3, -0.25) is 9.59 Å². The van der Waals surface area contributed by atoms with Gasteiger partial charge in [-0.15, -0.1) is 0 Å². The Morgan fingerprint density at radius 3 is 2.27 bits per heavy atom. The van der Waals surface area contributed by atoms with Gasteiger partial charge in [-0.2, -0.15) is 0 Å². The maximum atomic E-state index is 12.9. The van der Waals surface area contributed by atoms with Crippen LogP contribution in [0, 0.1) is 0 Å². The van der Waals surface area contributed by atoms with E-state index in [0.29, 0.717) is 32.0 Å². The maximum absolute atomic E-state index is 12.9. The molecule has 1 saturated heterocycles. The van der Waals surface area contributed by atoms with E-state index in [9.17, 15) is 14.4 Å². The molecule has 0 saturated carbocycles. The normalized spacial score (nSPS) is 14.5. The molecule has 1 heterocycles. The van der Waals surface area contributed by atoms with Gasteiger partial charge in [0, 0.05) is 18.8 Å². The van der Waals surface area contributed by atoms with Crippen LogP contribution < -0.4 is 10.6 Å². The molecule has 30 heavy (non-hydrogen) atoms. The Balaban J connectivity index is 1.61. The van der Waals surface area contributed by atoms with Crippen molar-refractivity contribution in [1.82, 2.24) is 10.2 Å². The number of ether oxygens (including phenoxy) is 2. The number of morpholine rings is 1. The van der Waals surface area contributed by atoms with Gasteiger partial charge in [0.25, 0.3) is 0 Å². The average molecular weight is 411 g/mol. The largest absolute Gasteiger partial charge is 0.445 e. The van der Waals surface area contributed by atoms with Crippen molar-refractivity contribution in [3.63, 3.8) is 0 Å². The molecule has 2 aromatic carbocycles. The van der Waals surface area contributed by atoms with Crippen molar-refractivity contribution in [3.8, 4) is 0 Å². The van der Waals surface area contributed by atoms with Crippen LogP contribution in [0.1, 0.15) is 12.0 Å². The zero-order valence-electron chi connectivity index (χ0n) is 16.6. The molecule has 0 aromatic heterocycles. The van der Waals surface area contributed by atoms with Crippen molar-refractivity contribution in [1.29, 1.82) is 0 Å². The molecule has 1 aliphatic heterocycles. The van der Waals surface area contributed by atoms with Gasteiger partial charge >= 0.3 is 6.09 Å². The number of amides is 3. The van der Waals surface area contributed by atoms with Crippen molar-refractivity contribution >= 4 is 23.6 Å². The molecule has 8 nitrogen and oxygen atoms in total. The highest BCUT2D eigenvalue weighted by atomic mass is 16.5. The van der Waals surface area contributed by atoms with Gasteiger partial charge in [0.2, 0.25) is 11.8 Å². The van der Waals surface area contributed by atoms with Crippen LogP contribution in [0.4, 0.5) is 10.5 Å². The van der Waals surface area contributed by atoms with Crippen LogP contribution in [0.2, 0.25) is 0 Å². The van der Waals surface area contributed by atoms with E-state index in [1.807, 2.05) is 36.4 Å². The Morgan fingerprint density at radius 1 is 0.967 bits per heavy atom. The van der Waals surface area contributed by atoms with E-state index in [0.717, 1.165) is 5.56 Å². The minimum absolute atomic E-state index is 0.0708. The van der Waals surface area contributed by atoms with Crippen LogP contribution in [0.15, 0.2) is 60.7 Å². The Hall–Kier alpha value is -3.39. The van der Waals surface area contributed by atoms with E-state index in [-0.39, 0.29) is 24.8 Å². The molecule has 0 unspecified atom stereocenters. The summed E-state index contributed by atoms with van der Waals surface area (Å²) >= 11 is 0. The quantitative estimate of drug-likeness (QED) is 0.728. The summed E-state index contributed by atoms with van der Waals surface area (Å²) in [7, 11) is 0. The van der Waals surface area contributed by atoms with E-state index in [4.69, 9.17) is 9.47 Å². The number of para-hydroxylation sites is 1. The van der Waals surface area contributed by atoms with Gasteiger partial charge in [-0.1, -0.05) is 48.5 Å². The average Bonchev–Trinajstić information content (AvgIpc) is 2.78. The van der Waals surface area contributed by atoms with E-state index < -0.39 is 12.1 Å². The minimum Gasteiger partial charge on any atom is -0.445 e. The van der Waals surface area contributed by atoms with Crippen LogP contribution >= 0.6 is 0 Å². The predicted molar refractivity (Wildman–Crippen MR) is 111 cm³/mol. The molecule has 2 aromatic rings. The molecule has 158 valence electrons. The summed E-state index contributed by atoms with van der Waals surface area (Å²) in [6, 6.07) is 17.1. The fourth-order valence-electron chi connectivity index (χ4n) is 3.03. The summed E-state index contributed by atoms with van der Waals surface area (Å²) in [6.07, 6.45) is -0.955. The highest BCUT2D eigenvalue weighted by Crippen LogP contribution is 2.09. The van der Waals surface area contributed by atoms with Gasteiger partial charge < -0.3 is 25.0 Å². The Bertz CT molecular complexity index is 838. The monoisotopic (exact) mass is 411 g/mol. The molecule has 1 fully saturated rings. The van der Waals surface area contributed by atoms with Crippen LogP contribution in [-0.4, -0.2) is 55.2 Å². The summed E-state index contributed by atoms with van der Waals surface area (Å²) < 4.78 is 10.5. The van der Waals surface area contributed by atoms with Crippen molar-refractivity contribution in [3.05, 3.63) is 66.2 Å². The lowest BCUT2D eigenvalue weighted by Gasteiger charge is -2.30. The van der Waals surface area contributed by atoms with E-state index in [1.54, 1.807) is 29.2 Å². The molecule has 0 bridgehead atoms. The summed E-state index contributed by atoms with van der Waals surface area (Å²) in [5.74, 6) is -0.714. The third-order valence-electron chi connectivity index (χ3n) is 4.57. The first-order valence-corrected chi connectivity index (χ1v) is 9.80. The smallest absolute Gasteiger partial charge is 0.408 e. The Kier molecular flexibility index (Phi) is 7.79. The number of benzene rings is 2. The molecule has 0 aliphatic carbocycles. The molecule has 1 atom stereocenters. The SMILES string of the molecule is O=C(C[C@H](NC(=O)OCc1ccccc1)C(=O)N1CCOCC1)Nc1ccccc1. The first-order chi connectivity index (χ1) is 14.6. The number of hydrogen-bond acceptors (Lipinski definition) is 5. The highest BCUT2D eigenvalue weighted by molar-refractivity contribution is 5.96. The van der Waals surface area contributed by atoms with Gasteiger partial charge in [0.1, 0.15) is 12.6 Å². The number of nitrogens with one attached hydrogen (secondary N) is 2. The maximum Gasteiger partial charge on any atom is 0.408 e. The molecular formula is C22H25N3O5. The molecule has 2 N–H and O–H groups in total. The van der Waals surface area contributed by atoms with E-state index >= 15 is 0 Å².